The Bertz CT molecular complexity index is 741. The second-order valence-corrected chi connectivity index (χ2v) is 8.89. The summed E-state index contributed by atoms with van der Waals surface area (Å²) >= 11 is 0. The van der Waals surface area contributed by atoms with Crippen molar-refractivity contribution in [3.8, 4) is 0 Å². The van der Waals surface area contributed by atoms with Gasteiger partial charge < -0.3 is 5.32 Å². The third-order valence-electron chi connectivity index (χ3n) is 5.14. The predicted molar refractivity (Wildman–Crippen MR) is 98.9 cm³/mol. The Morgan fingerprint density at radius 2 is 1.73 bits per heavy atom. The van der Waals surface area contributed by atoms with E-state index in [1.54, 1.807) is 19.5 Å². The number of rotatable bonds is 5. The van der Waals surface area contributed by atoms with Crippen molar-refractivity contribution in [2.75, 3.05) is 51.1 Å². The van der Waals surface area contributed by atoms with Gasteiger partial charge in [0, 0.05) is 39.8 Å². The fourth-order valence-corrected chi connectivity index (χ4v) is 5.15. The van der Waals surface area contributed by atoms with Gasteiger partial charge in [0.1, 0.15) is 0 Å². The highest BCUT2D eigenvalue weighted by atomic mass is 32.2. The monoisotopic (exact) mass is 384 g/mol. The summed E-state index contributed by atoms with van der Waals surface area (Å²) in [7, 11) is -1.53. The number of nitrogens with zero attached hydrogens (tertiary/aromatic N) is 5. The fourth-order valence-electron chi connectivity index (χ4n) is 3.43. The second-order valence-electron chi connectivity index (χ2n) is 6.96. The average Bonchev–Trinajstić information content (AvgIpc) is 3.17. The summed E-state index contributed by atoms with van der Waals surface area (Å²) in [4.78, 5) is 14.3. The lowest BCUT2D eigenvalue weighted by molar-refractivity contribution is -0.117. The molecule has 0 saturated carbocycles. The Morgan fingerprint density at radius 3 is 2.38 bits per heavy atom. The van der Waals surface area contributed by atoms with Crippen molar-refractivity contribution in [1.29, 1.82) is 0 Å². The van der Waals surface area contributed by atoms with Crippen molar-refractivity contribution in [3.63, 3.8) is 0 Å². The molecule has 2 saturated heterocycles. The van der Waals surface area contributed by atoms with Gasteiger partial charge in [-0.15, -0.1) is 0 Å². The molecule has 2 aliphatic heterocycles. The Labute approximate surface area is 155 Å². The van der Waals surface area contributed by atoms with Gasteiger partial charge in [-0.25, -0.2) is 0 Å². The SMILES string of the molecule is Cc1c(NC(=O)CN2CCCN(S(=O)(=O)N3CCCC3)CC2)cnn1C. The molecule has 0 atom stereocenters. The number of amides is 1. The molecule has 0 aromatic carbocycles. The Kier molecular flexibility index (Phi) is 5.96. The van der Waals surface area contributed by atoms with Crippen LogP contribution in [0.25, 0.3) is 0 Å². The number of anilines is 1. The molecule has 26 heavy (non-hydrogen) atoms. The molecule has 0 radical (unpaired) electrons. The topological polar surface area (TPSA) is 90.8 Å². The minimum Gasteiger partial charge on any atom is -0.322 e. The molecule has 1 amide bonds. The first-order chi connectivity index (χ1) is 12.4. The van der Waals surface area contributed by atoms with Crippen molar-refractivity contribution in [2.24, 2.45) is 7.05 Å². The van der Waals surface area contributed by atoms with E-state index >= 15 is 0 Å². The van der Waals surface area contributed by atoms with Crippen LogP contribution in [0.1, 0.15) is 25.0 Å². The smallest absolute Gasteiger partial charge is 0.282 e. The normalized spacial score (nSPS) is 21.0. The molecule has 146 valence electrons. The number of aromatic nitrogens is 2. The Hall–Kier alpha value is -1.49. The van der Waals surface area contributed by atoms with Crippen LogP contribution in [-0.2, 0) is 22.1 Å². The van der Waals surface area contributed by atoms with E-state index in [1.165, 1.54) is 0 Å². The van der Waals surface area contributed by atoms with E-state index in [2.05, 4.69) is 10.4 Å². The van der Waals surface area contributed by atoms with Gasteiger partial charge in [-0.2, -0.15) is 22.1 Å². The van der Waals surface area contributed by atoms with E-state index in [1.807, 2.05) is 18.9 Å². The van der Waals surface area contributed by atoms with Crippen LogP contribution < -0.4 is 5.32 Å². The summed E-state index contributed by atoms with van der Waals surface area (Å²) in [6.45, 7) is 5.61. The van der Waals surface area contributed by atoms with E-state index in [0.29, 0.717) is 45.0 Å². The van der Waals surface area contributed by atoms with Crippen LogP contribution >= 0.6 is 0 Å². The summed E-state index contributed by atoms with van der Waals surface area (Å²) in [6.07, 6.45) is 4.24. The first-order valence-corrected chi connectivity index (χ1v) is 10.5. The zero-order valence-corrected chi connectivity index (χ0v) is 16.3. The molecule has 3 heterocycles. The predicted octanol–water partition coefficient (Wildman–Crippen LogP) is 0.0153. The molecular formula is C16H28N6O3S. The van der Waals surface area contributed by atoms with E-state index in [0.717, 1.165) is 25.0 Å². The number of hydrogen-bond donors (Lipinski definition) is 1. The van der Waals surface area contributed by atoms with Crippen LogP contribution in [0.15, 0.2) is 6.20 Å². The van der Waals surface area contributed by atoms with Crippen LogP contribution in [0, 0.1) is 6.92 Å². The molecule has 9 nitrogen and oxygen atoms in total. The maximum atomic E-state index is 12.7. The minimum atomic E-state index is -3.36. The summed E-state index contributed by atoms with van der Waals surface area (Å²) < 4.78 is 30.3. The molecule has 2 fully saturated rings. The van der Waals surface area contributed by atoms with Gasteiger partial charge in [0.15, 0.2) is 0 Å². The first-order valence-electron chi connectivity index (χ1n) is 9.14. The quantitative estimate of drug-likeness (QED) is 0.773. The van der Waals surface area contributed by atoms with Crippen LogP contribution in [0.4, 0.5) is 5.69 Å². The molecule has 0 aliphatic carbocycles. The number of hydrogen-bond acceptors (Lipinski definition) is 5. The lowest BCUT2D eigenvalue weighted by Gasteiger charge is -2.26. The Morgan fingerprint density at radius 1 is 1.08 bits per heavy atom. The minimum absolute atomic E-state index is 0.100. The molecule has 2 aliphatic rings. The number of aryl methyl sites for hydroxylation is 1. The lowest BCUT2D eigenvalue weighted by atomic mass is 10.3. The van der Waals surface area contributed by atoms with Crippen molar-refractivity contribution < 1.29 is 13.2 Å². The summed E-state index contributed by atoms with van der Waals surface area (Å²) in [5.74, 6) is -0.100. The summed E-state index contributed by atoms with van der Waals surface area (Å²) in [5, 5.41) is 7.00. The molecule has 1 aromatic heterocycles. The van der Waals surface area contributed by atoms with Crippen molar-refractivity contribution in [2.45, 2.75) is 26.2 Å². The molecule has 1 N–H and O–H groups in total. The molecule has 0 bridgehead atoms. The third kappa shape index (κ3) is 4.25. The highest BCUT2D eigenvalue weighted by Gasteiger charge is 2.32. The van der Waals surface area contributed by atoms with Gasteiger partial charge in [0.2, 0.25) is 5.91 Å². The first kappa shape index (κ1) is 19.3. The molecule has 10 heteroatoms. The van der Waals surface area contributed by atoms with E-state index in [4.69, 9.17) is 0 Å². The number of carbonyl (C=O) groups excluding carboxylic acids is 1. The van der Waals surface area contributed by atoms with Gasteiger partial charge in [-0.3, -0.25) is 14.4 Å². The van der Waals surface area contributed by atoms with Crippen LogP contribution in [-0.4, -0.2) is 83.4 Å². The third-order valence-corrected chi connectivity index (χ3v) is 7.18. The van der Waals surface area contributed by atoms with Gasteiger partial charge >= 0.3 is 0 Å². The molecule has 0 unspecified atom stereocenters. The van der Waals surface area contributed by atoms with Crippen LogP contribution in [0.5, 0.6) is 0 Å². The maximum absolute atomic E-state index is 12.7. The standard InChI is InChI=1S/C16H28N6O3S/c1-14-15(12-17-19(14)2)18-16(23)13-20-6-5-9-22(11-10-20)26(24,25)21-7-3-4-8-21/h12H,3-11,13H2,1-2H3,(H,18,23). The molecular weight excluding hydrogens is 356 g/mol. The van der Waals surface area contributed by atoms with E-state index in [9.17, 15) is 13.2 Å². The largest absolute Gasteiger partial charge is 0.322 e. The van der Waals surface area contributed by atoms with Crippen LogP contribution in [0.3, 0.4) is 0 Å². The van der Waals surface area contributed by atoms with E-state index in [-0.39, 0.29) is 12.5 Å². The average molecular weight is 385 g/mol. The molecule has 1 aromatic rings. The Balaban J connectivity index is 1.53. The molecule has 0 spiro atoms. The van der Waals surface area contributed by atoms with Gasteiger partial charge in [0.25, 0.3) is 10.2 Å². The van der Waals surface area contributed by atoms with Gasteiger partial charge in [-0.1, -0.05) is 0 Å². The summed E-state index contributed by atoms with van der Waals surface area (Å²) in [6, 6.07) is 0. The summed E-state index contributed by atoms with van der Waals surface area (Å²) in [5.41, 5.74) is 1.61. The fraction of sp³-hybridized carbons (Fsp3) is 0.750. The van der Waals surface area contributed by atoms with Crippen LogP contribution in [0.2, 0.25) is 0 Å². The molecule has 3 rings (SSSR count). The highest BCUT2D eigenvalue weighted by Crippen LogP contribution is 2.18. The van der Waals surface area contributed by atoms with Gasteiger partial charge in [0.05, 0.1) is 24.1 Å². The van der Waals surface area contributed by atoms with Crippen molar-refractivity contribution >= 4 is 21.8 Å². The maximum Gasteiger partial charge on any atom is 0.282 e. The van der Waals surface area contributed by atoms with Crippen molar-refractivity contribution in [1.82, 2.24) is 23.3 Å². The van der Waals surface area contributed by atoms with E-state index < -0.39 is 10.2 Å². The highest BCUT2D eigenvalue weighted by molar-refractivity contribution is 7.86. The zero-order valence-electron chi connectivity index (χ0n) is 15.5. The zero-order chi connectivity index (χ0) is 18.7. The second kappa shape index (κ2) is 8.03. The van der Waals surface area contributed by atoms with Gasteiger partial charge in [-0.05, 0) is 32.7 Å². The van der Waals surface area contributed by atoms with Crippen molar-refractivity contribution in [3.05, 3.63) is 11.9 Å². The lowest BCUT2D eigenvalue weighted by Crippen LogP contribution is -2.44. The number of nitrogens with one attached hydrogen (secondary N) is 1. The number of carbonyl (C=O) groups is 1.